The predicted molar refractivity (Wildman–Crippen MR) is 132 cm³/mol. The van der Waals surface area contributed by atoms with Crippen LogP contribution in [0.15, 0.2) is 30.6 Å². The fraction of sp³-hybridized carbons (Fsp3) is 0.800. The largest absolute Gasteiger partial charge is 0.396 e. The minimum atomic E-state index is 0. The summed E-state index contributed by atoms with van der Waals surface area (Å²) < 4.78 is 0. The summed E-state index contributed by atoms with van der Waals surface area (Å²) in [6.45, 7) is 2.56. The quantitative estimate of drug-likeness (QED) is 0.180. The van der Waals surface area contributed by atoms with Crippen LogP contribution in [-0.4, -0.2) is 22.1 Å². The van der Waals surface area contributed by atoms with E-state index in [1.807, 2.05) is 18.2 Å². The van der Waals surface area contributed by atoms with Crippen LogP contribution in [0.3, 0.4) is 0 Å². The van der Waals surface area contributed by atoms with Gasteiger partial charge in [-0.15, -0.1) is 24.0 Å². The van der Waals surface area contributed by atoms with Gasteiger partial charge in [-0.1, -0.05) is 103 Å². The maximum absolute atomic E-state index is 8.75. The van der Waals surface area contributed by atoms with Crippen molar-refractivity contribution >= 4 is 24.0 Å². The van der Waals surface area contributed by atoms with E-state index in [0.29, 0.717) is 0 Å². The van der Waals surface area contributed by atoms with Crippen molar-refractivity contribution < 1.29 is 5.11 Å². The fourth-order valence-corrected chi connectivity index (χ4v) is 3.64. The molecule has 0 aromatic carbocycles. The first-order chi connectivity index (χ1) is 13.8. The summed E-state index contributed by atoms with van der Waals surface area (Å²) in [5.74, 6) is 0. The highest BCUT2D eigenvalue weighted by Gasteiger charge is 2.03. The van der Waals surface area contributed by atoms with Gasteiger partial charge in [0, 0.05) is 24.4 Å². The minimum absolute atomic E-state index is 0. The van der Waals surface area contributed by atoms with Gasteiger partial charge in [-0.25, -0.2) is 0 Å². The normalized spacial score (nSPS) is 11.3. The average molecular weight is 449 g/mol. The van der Waals surface area contributed by atoms with E-state index in [1.54, 1.807) is 12.4 Å². The molecule has 172 valence electrons. The molecule has 0 amide bonds. The molecule has 0 radical (unpaired) electrons. The van der Waals surface area contributed by atoms with Crippen LogP contribution in [0.4, 0.5) is 0 Å². The number of unbranched alkanes of at least 4 members (excludes halogenated alkanes) is 13. The van der Waals surface area contributed by atoms with Crippen molar-refractivity contribution in [1.82, 2.24) is 4.98 Å². The Balaban J connectivity index is 0. The third-order valence-corrected chi connectivity index (χ3v) is 5.55. The van der Waals surface area contributed by atoms with Gasteiger partial charge >= 0.3 is 0 Å². The number of nitrogens with zero attached hydrogens (tertiary/aromatic N) is 1. The first-order valence-electron chi connectivity index (χ1n) is 11.9. The van der Waals surface area contributed by atoms with Crippen LogP contribution in [0.1, 0.15) is 116 Å². The molecule has 0 saturated heterocycles. The highest BCUT2D eigenvalue weighted by Crippen LogP contribution is 2.16. The number of halogens is 2. The van der Waals surface area contributed by atoms with Crippen LogP contribution in [0.25, 0.3) is 0 Å². The van der Waals surface area contributed by atoms with Crippen molar-refractivity contribution in [3.8, 4) is 0 Å². The Hall–Kier alpha value is -0.310. The lowest BCUT2D eigenvalue weighted by Crippen LogP contribution is -1.99. The first kappa shape index (κ1) is 30.9. The zero-order chi connectivity index (χ0) is 20.5. The van der Waals surface area contributed by atoms with E-state index >= 15 is 0 Å². The minimum Gasteiger partial charge on any atom is -0.396 e. The van der Waals surface area contributed by atoms with E-state index in [2.05, 4.69) is 11.9 Å². The Labute approximate surface area is 192 Å². The second-order valence-electron chi connectivity index (χ2n) is 7.87. The molecule has 0 bridgehead atoms. The Morgan fingerprint density at radius 3 is 1.41 bits per heavy atom. The van der Waals surface area contributed by atoms with E-state index in [1.165, 1.54) is 89.9 Å². The summed E-state index contributed by atoms with van der Waals surface area (Å²) in [7, 11) is 0. The summed E-state index contributed by atoms with van der Waals surface area (Å²) in [5, 5.41) is 9.03. The number of alkyl halides is 1. The SMILES string of the molecule is CCCCCCCCCCCCCCCCC(Cl)CCCO.Cl.c1ccncc1. The molecule has 0 saturated carbocycles. The van der Waals surface area contributed by atoms with Gasteiger partial charge in [0.15, 0.2) is 0 Å². The Morgan fingerprint density at radius 1 is 0.655 bits per heavy atom. The molecule has 2 nitrogen and oxygen atoms in total. The number of rotatable bonds is 18. The van der Waals surface area contributed by atoms with E-state index in [4.69, 9.17) is 16.7 Å². The molecule has 29 heavy (non-hydrogen) atoms. The van der Waals surface area contributed by atoms with Gasteiger partial charge in [-0.2, -0.15) is 0 Å². The van der Waals surface area contributed by atoms with Crippen LogP contribution >= 0.6 is 24.0 Å². The van der Waals surface area contributed by atoms with Crippen LogP contribution in [0, 0.1) is 0 Å². The van der Waals surface area contributed by atoms with Crippen LogP contribution in [-0.2, 0) is 0 Å². The van der Waals surface area contributed by atoms with Gasteiger partial charge in [0.05, 0.1) is 0 Å². The summed E-state index contributed by atoms with van der Waals surface area (Å²) >= 11 is 6.20. The maximum atomic E-state index is 8.75. The van der Waals surface area contributed by atoms with Crippen molar-refractivity contribution in [3.05, 3.63) is 30.6 Å². The third-order valence-electron chi connectivity index (χ3n) is 5.11. The monoisotopic (exact) mass is 447 g/mol. The first-order valence-corrected chi connectivity index (χ1v) is 12.3. The molecule has 0 aliphatic carbocycles. The molecule has 1 atom stereocenters. The number of pyridine rings is 1. The second kappa shape index (κ2) is 27.7. The standard InChI is InChI=1S/C20H41ClO.C5H5N.ClH/c1-2-3-4-5-6-7-8-9-10-11-12-13-14-15-17-20(21)18-16-19-22;1-2-4-6-5-3-1;/h20,22H,2-19H2,1H3;1-5H;1H. The van der Waals surface area contributed by atoms with Crippen LogP contribution < -0.4 is 0 Å². The molecule has 1 N–H and O–H groups in total. The molecule has 1 aromatic heterocycles. The summed E-state index contributed by atoms with van der Waals surface area (Å²) in [6.07, 6.45) is 26.1. The van der Waals surface area contributed by atoms with Gasteiger partial charge < -0.3 is 5.11 Å². The van der Waals surface area contributed by atoms with Crippen LogP contribution in [0.2, 0.25) is 0 Å². The Bertz CT molecular complexity index is 352. The zero-order valence-corrected chi connectivity index (χ0v) is 20.4. The van der Waals surface area contributed by atoms with E-state index in [0.717, 1.165) is 19.3 Å². The molecular formula is C25H47Cl2NO. The van der Waals surface area contributed by atoms with Gasteiger partial charge in [0.1, 0.15) is 0 Å². The molecule has 0 spiro atoms. The van der Waals surface area contributed by atoms with Gasteiger partial charge in [-0.05, 0) is 31.4 Å². The number of aromatic nitrogens is 1. The molecular weight excluding hydrogens is 401 g/mol. The topological polar surface area (TPSA) is 33.1 Å². The number of aliphatic hydroxyl groups is 1. The van der Waals surface area contributed by atoms with Crippen molar-refractivity contribution in [1.29, 1.82) is 0 Å². The lowest BCUT2D eigenvalue weighted by molar-refractivity contribution is 0.283. The van der Waals surface area contributed by atoms with Gasteiger partial charge in [0.2, 0.25) is 0 Å². The molecule has 0 aliphatic heterocycles. The molecule has 1 rings (SSSR count). The van der Waals surface area contributed by atoms with Crippen molar-refractivity contribution in [2.24, 2.45) is 0 Å². The Kier molecular flexibility index (Phi) is 29.5. The number of hydrogen-bond donors (Lipinski definition) is 1. The zero-order valence-electron chi connectivity index (χ0n) is 18.9. The van der Waals surface area contributed by atoms with E-state index < -0.39 is 0 Å². The predicted octanol–water partition coefficient (Wildman–Crippen LogP) is 8.74. The molecule has 1 heterocycles. The number of aliphatic hydroxyl groups excluding tert-OH is 1. The van der Waals surface area contributed by atoms with Gasteiger partial charge in [0.25, 0.3) is 0 Å². The summed E-state index contributed by atoms with van der Waals surface area (Å²) in [5.41, 5.74) is 0. The van der Waals surface area contributed by atoms with E-state index in [-0.39, 0.29) is 24.4 Å². The highest BCUT2D eigenvalue weighted by atomic mass is 35.5. The summed E-state index contributed by atoms with van der Waals surface area (Å²) in [4.78, 5) is 3.78. The van der Waals surface area contributed by atoms with Crippen LogP contribution in [0.5, 0.6) is 0 Å². The molecule has 0 aliphatic rings. The third kappa shape index (κ3) is 27.7. The molecule has 1 unspecified atom stereocenters. The lowest BCUT2D eigenvalue weighted by atomic mass is 10.0. The smallest absolute Gasteiger partial charge is 0.0431 e. The van der Waals surface area contributed by atoms with Gasteiger partial charge in [-0.3, -0.25) is 4.98 Å². The van der Waals surface area contributed by atoms with Crippen molar-refractivity contribution in [3.63, 3.8) is 0 Å². The van der Waals surface area contributed by atoms with E-state index in [9.17, 15) is 0 Å². The lowest BCUT2D eigenvalue weighted by Gasteiger charge is -2.08. The summed E-state index contributed by atoms with van der Waals surface area (Å²) in [6, 6.07) is 5.72. The van der Waals surface area contributed by atoms with Crippen molar-refractivity contribution in [2.75, 3.05) is 6.61 Å². The molecule has 1 aromatic rings. The van der Waals surface area contributed by atoms with Crippen molar-refractivity contribution in [2.45, 2.75) is 121 Å². The number of hydrogen-bond acceptors (Lipinski definition) is 2. The molecule has 0 fully saturated rings. The Morgan fingerprint density at radius 2 is 1.07 bits per heavy atom. The molecule has 4 heteroatoms. The average Bonchev–Trinajstić information content (AvgIpc) is 2.74. The maximum Gasteiger partial charge on any atom is 0.0431 e. The highest BCUT2D eigenvalue weighted by molar-refractivity contribution is 6.20. The second-order valence-corrected chi connectivity index (χ2v) is 8.49. The fourth-order valence-electron chi connectivity index (χ4n) is 3.33.